The Morgan fingerprint density at radius 3 is 2.59 bits per heavy atom. The van der Waals surface area contributed by atoms with Crippen molar-refractivity contribution < 1.29 is 22.7 Å². The molecule has 0 aromatic heterocycles. The first kappa shape index (κ1) is 18.6. The summed E-state index contributed by atoms with van der Waals surface area (Å²) in [5.41, 5.74) is 0.141. The molecule has 148 valence electrons. The van der Waals surface area contributed by atoms with Crippen LogP contribution in [0.4, 0.5) is 24.5 Å². The molecule has 0 unspecified atom stereocenters. The lowest BCUT2D eigenvalue weighted by Crippen LogP contribution is -2.37. The largest absolute Gasteiger partial charge is 0.416 e. The Morgan fingerprint density at radius 2 is 1.96 bits per heavy atom. The highest BCUT2D eigenvalue weighted by molar-refractivity contribution is 5.94. The average molecular weight is 382 g/mol. The molecule has 1 N–H and O–H groups in total. The number of nitrogens with zero attached hydrogens (tertiary/aromatic N) is 1. The predicted molar refractivity (Wildman–Crippen MR) is 96.7 cm³/mol. The number of hydrogen-bond acceptors (Lipinski definition) is 3. The Hall–Kier alpha value is -1.76. The number of halogens is 3. The molecule has 0 radical (unpaired) electrons. The van der Waals surface area contributed by atoms with Gasteiger partial charge < -0.3 is 15.0 Å². The fraction of sp³-hybridized carbons (Fsp3) is 0.650. The second-order valence-electron chi connectivity index (χ2n) is 8.02. The van der Waals surface area contributed by atoms with Crippen molar-refractivity contribution in [1.82, 2.24) is 0 Å². The molecule has 1 aliphatic heterocycles. The van der Waals surface area contributed by atoms with Gasteiger partial charge in [0.2, 0.25) is 5.91 Å². The van der Waals surface area contributed by atoms with Crippen LogP contribution in [0.5, 0.6) is 0 Å². The number of carbonyl (C=O) groups excluding carboxylic acids is 1. The molecule has 3 aliphatic rings. The molecule has 7 heteroatoms. The van der Waals surface area contributed by atoms with Gasteiger partial charge in [0, 0.05) is 19.5 Å². The van der Waals surface area contributed by atoms with Crippen LogP contribution in [0.25, 0.3) is 0 Å². The second kappa shape index (κ2) is 7.34. The minimum atomic E-state index is -4.44. The lowest BCUT2D eigenvalue weighted by Gasteiger charge is -2.31. The number of benzene rings is 1. The number of hydrogen-bond donors (Lipinski definition) is 1. The summed E-state index contributed by atoms with van der Waals surface area (Å²) in [6.45, 7) is 2.25. The molecule has 4 rings (SSSR count). The van der Waals surface area contributed by atoms with Crippen molar-refractivity contribution in [3.8, 4) is 0 Å². The SMILES string of the molecule is O=C(C[C@@H]1C[C@@H]2CC[C@@H]1C2)Nc1cc(C(F)(F)F)ccc1N1CCOCC1. The van der Waals surface area contributed by atoms with Crippen LogP contribution >= 0.6 is 0 Å². The monoisotopic (exact) mass is 382 g/mol. The maximum Gasteiger partial charge on any atom is 0.416 e. The van der Waals surface area contributed by atoms with Crippen molar-refractivity contribution in [3.05, 3.63) is 23.8 Å². The quantitative estimate of drug-likeness (QED) is 0.844. The van der Waals surface area contributed by atoms with Crippen LogP contribution < -0.4 is 10.2 Å². The van der Waals surface area contributed by atoms with E-state index >= 15 is 0 Å². The maximum absolute atomic E-state index is 13.2. The number of morpholine rings is 1. The number of rotatable bonds is 4. The van der Waals surface area contributed by atoms with Crippen molar-refractivity contribution >= 4 is 17.3 Å². The molecule has 1 amide bonds. The van der Waals surface area contributed by atoms with E-state index in [1.165, 1.54) is 25.3 Å². The van der Waals surface area contributed by atoms with E-state index in [2.05, 4.69) is 5.32 Å². The number of nitrogens with one attached hydrogen (secondary N) is 1. The number of carbonyl (C=O) groups is 1. The van der Waals surface area contributed by atoms with E-state index in [0.717, 1.165) is 24.5 Å². The summed E-state index contributed by atoms with van der Waals surface area (Å²) >= 11 is 0. The van der Waals surface area contributed by atoms with Gasteiger partial charge in [-0.05, 0) is 55.2 Å². The zero-order valence-corrected chi connectivity index (χ0v) is 15.2. The van der Waals surface area contributed by atoms with E-state index in [9.17, 15) is 18.0 Å². The molecular formula is C20H25F3N2O2. The predicted octanol–water partition coefficient (Wildman–Crippen LogP) is 4.31. The van der Waals surface area contributed by atoms with Crippen LogP contribution in [-0.2, 0) is 15.7 Å². The lowest BCUT2D eigenvalue weighted by atomic mass is 9.86. The smallest absolute Gasteiger partial charge is 0.378 e. The van der Waals surface area contributed by atoms with Gasteiger partial charge in [-0.1, -0.05) is 6.42 Å². The van der Waals surface area contributed by atoms with Crippen LogP contribution in [0.15, 0.2) is 18.2 Å². The van der Waals surface area contributed by atoms with Crippen LogP contribution in [-0.4, -0.2) is 32.2 Å². The van der Waals surface area contributed by atoms with Crippen LogP contribution in [0.3, 0.4) is 0 Å². The van der Waals surface area contributed by atoms with E-state index in [1.54, 1.807) is 0 Å². The summed E-state index contributed by atoms with van der Waals surface area (Å²) in [4.78, 5) is 14.6. The van der Waals surface area contributed by atoms with Crippen molar-refractivity contribution in [3.63, 3.8) is 0 Å². The standard InChI is InChI=1S/C20H25F3N2O2/c21-20(22,23)16-3-4-18(25-5-7-27-8-6-25)17(12-16)24-19(26)11-15-10-13-1-2-14(15)9-13/h3-4,12-15H,1-2,5-11H2,(H,24,26)/t13-,14-,15+/m1/s1. The van der Waals surface area contributed by atoms with E-state index < -0.39 is 11.7 Å². The lowest BCUT2D eigenvalue weighted by molar-refractivity contribution is -0.137. The molecule has 27 heavy (non-hydrogen) atoms. The Balaban J connectivity index is 1.52. The minimum absolute atomic E-state index is 0.179. The van der Waals surface area contributed by atoms with E-state index in [4.69, 9.17) is 4.74 Å². The molecule has 1 aromatic carbocycles. The topological polar surface area (TPSA) is 41.6 Å². The van der Waals surface area contributed by atoms with Gasteiger partial charge in [0.1, 0.15) is 0 Å². The molecular weight excluding hydrogens is 357 g/mol. The summed E-state index contributed by atoms with van der Waals surface area (Å²) in [6, 6.07) is 3.60. The normalized spacial score (nSPS) is 27.8. The second-order valence-corrected chi connectivity index (χ2v) is 8.02. The van der Waals surface area contributed by atoms with Crippen molar-refractivity contribution in [2.45, 2.75) is 38.3 Å². The average Bonchev–Trinajstić information content (AvgIpc) is 3.24. The molecule has 1 heterocycles. The van der Waals surface area contributed by atoms with E-state index in [-0.39, 0.29) is 11.6 Å². The molecule has 2 bridgehead atoms. The zero-order chi connectivity index (χ0) is 19.0. The summed E-state index contributed by atoms with van der Waals surface area (Å²) in [5.74, 6) is 1.55. The highest BCUT2D eigenvalue weighted by Crippen LogP contribution is 2.49. The Bertz CT molecular complexity index is 701. The number of anilines is 2. The summed E-state index contributed by atoms with van der Waals surface area (Å²) in [6.07, 6.45) is 0.702. The number of ether oxygens (including phenoxy) is 1. The Labute approximate surface area is 157 Å². The first-order chi connectivity index (χ1) is 12.9. The van der Waals surface area contributed by atoms with Gasteiger partial charge >= 0.3 is 6.18 Å². The Kier molecular flexibility index (Phi) is 5.05. The molecule has 4 nitrogen and oxygen atoms in total. The highest BCUT2D eigenvalue weighted by Gasteiger charge is 2.40. The van der Waals surface area contributed by atoms with Gasteiger partial charge in [-0.3, -0.25) is 4.79 Å². The van der Waals surface area contributed by atoms with Crippen molar-refractivity contribution in [1.29, 1.82) is 0 Å². The molecule has 1 aromatic rings. The third kappa shape index (κ3) is 4.08. The molecule has 3 atom stereocenters. The third-order valence-electron chi connectivity index (χ3n) is 6.28. The molecule has 2 aliphatic carbocycles. The van der Waals surface area contributed by atoms with Gasteiger partial charge in [-0.25, -0.2) is 0 Å². The Morgan fingerprint density at radius 1 is 1.19 bits per heavy atom. The number of alkyl halides is 3. The fourth-order valence-electron chi connectivity index (χ4n) is 4.96. The summed E-state index contributed by atoms with van der Waals surface area (Å²) < 4.78 is 44.8. The van der Waals surface area contributed by atoms with Gasteiger partial charge in [-0.2, -0.15) is 13.2 Å². The summed E-state index contributed by atoms with van der Waals surface area (Å²) in [5, 5.41) is 2.79. The van der Waals surface area contributed by atoms with Gasteiger partial charge in [0.05, 0.1) is 30.2 Å². The van der Waals surface area contributed by atoms with Crippen LogP contribution in [0.1, 0.15) is 37.7 Å². The first-order valence-electron chi connectivity index (χ1n) is 9.74. The van der Waals surface area contributed by atoms with E-state index in [1.807, 2.05) is 4.90 Å². The zero-order valence-electron chi connectivity index (χ0n) is 15.2. The van der Waals surface area contributed by atoms with E-state index in [0.29, 0.717) is 50.2 Å². The van der Waals surface area contributed by atoms with Gasteiger partial charge in [-0.15, -0.1) is 0 Å². The van der Waals surface area contributed by atoms with Gasteiger partial charge in [0.15, 0.2) is 0 Å². The highest BCUT2D eigenvalue weighted by atomic mass is 19.4. The van der Waals surface area contributed by atoms with Crippen molar-refractivity contribution in [2.24, 2.45) is 17.8 Å². The van der Waals surface area contributed by atoms with Crippen LogP contribution in [0, 0.1) is 17.8 Å². The van der Waals surface area contributed by atoms with Gasteiger partial charge in [0.25, 0.3) is 0 Å². The minimum Gasteiger partial charge on any atom is -0.378 e. The maximum atomic E-state index is 13.2. The number of amides is 1. The molecule has 0 spiro atoms. The summed E-state index contributed by atoms with van der Waals surface area (Å²) in [7, 11) is 0. The number of fused-ring (bicyclic) bond motifs is 2. The fourth-order valence-corrected chi connectivity index (χ4v) is 4.96. The van der Waals surface area contributed by atoms with Crippen molar-refractivity contribution in [2.75, 3.05) is 36.5 Å². The third-order valence-corrected chi connectivity index (χ3v) is 6.28. The van der Waals surface area contributed by atoms with Crippen LogP contribution in [0.2, 0.25) is 0 Å². The molecule has 3 fully saturated rings. The first-order valence-corrected chi connectivity index (χ1v) is 9.74. The molecule has 1 saturated heterocycles. The molecule has 2 saturated carbocycles.